The standard InChI is InChI=1S/C17H17F2N3O3/c1-21-9-20-6-11(21)5-16(23)22-7-13(14(8-22)17(24)25)12-3-2-10(18)4-15(12)19/h2-4,6,9,13-14H,5,7-8H2,1H3,(H,24,25)/t13-,14+/m1/s1. The van der Waals surface area contributed by atoms with Crippen molar-refractivity contribution < 1.29 is 23.5 Å². The molecule has 1 amide bonds. The van der Waals surface area contributed by atoms with Gasteiger partial charge in [-0.05, 0) is 11.6 Å². The Kier molecular flexibility index (Phi) is 4.52. The van der Waals surface area contributed by atoms with Gasteiger partial charge >= 0.3 is 5.97 Å². The number of carbonyl (C=O) groups excluding carboxylic acids is 1. The summed E-state index contributed by atoms with van der Waals surface area (Å²) >= 11 is 0. The summed E-state index contributed by atoms with van der Waals surface area (Å²) < 4.78 is 28.9. The van der Waals surface area contributed by atoms with Gasteiger partial charge in [0.05, 0.1) is 18.7 Å². The number of nitrogens with zero attached hydrogens (tertiary/aromatic N) is 3. The molecule has 0 bridgehead atoms. The quantitative estimate of drug-likeness (QED) is 0.909. The van der Waals surface area contributed by atoms with Gasteiger partial charge in [0, 0.05) is 44.0 Å². The average molecular weight is 349 g/mol. The summed E-state index contributed by atoms with van der Waals surface area (Å²) in [5, 5.41) is 9.44. The van der Waals surface area contributed by atoms with Crippen LogP contribution in [-0.2, 0) is 23.1 Å². The third-order valence-corrected chi connectivity index (χ3v) is 4.60. The van der Waals surface area contributed by atoms with Gasteiger partial charge in [-0.1, -0.05) is 6.07 Å². The maximum absolute atomic E-state index is 14.1. The highest BCUT2D eigenvalue weighted by molar-refractivity contribution is 5.81. The normalized spacial score (nSPS) is 20.0. The number of hydrogen-bond donors (Lipinski definition) is 1. The maximum Gasteiger partial charge on any atom is 0.308 e. The topological polar surface area (TPSA) is 75.4 Å². The zero-order valence-electron chi connectivity index (χ0n) is 13.5. The van der Waals surface area contributed by atoms with E-state index in [1.54, 1.807) is 24.1 Å². The maximum atomic E-state index is 14.1. The molecule has 1 N–H and O–H groups in total. The lowest BCUT2D eigenvalue weighted by Gasteiger charge is -2.17. The molecule has 132 valence electrons. The van der Waals surface area contributed by atoms with Gasteiger partial charge in [0.15, 0.2) is 0 Å². The molecule has 0 spiro atoms. The SMILES string of the molecule is Cn1cncc1CC(=O)N1C[C@H](C(=O)O)[C@@H](c2ccc(F)cc2F)C1. The van der Waals surface area contributed by atoms with Gasteiger partial charge in [0.2, 0.25) is 5.91 Å². The number of halogens is 2. The molecule has 6 nitrogen and oxygen atoms in total. The van der Waals surface area contributed by atoms with E-state index in [2.05, 4.69) is 4.98 Å². The highest BCUT2D eigenvalue weighted by atomic mass is 19.1. The largest absolute Gasteiger partial charge is 0.481 e. The van der Waals surface area contributed by atoms with E-state index in [1.807, 2.05) is 0 Å². The van der Waals surface area contributed by atoms with E-state index in [0.717, 1.165) is 12.1 Å². The number of aliphatic carboxylic acids is 1. The Morgan fingerprint density at radius 3 is 2.68 bits per heavy atom. The lowest BCUT2D eigenvalue weighted by molar-refractivity contribution is -0.141. The van der Waals surface area contributed by atoms with Gasteiger partial charge in [-0.3, -0.25) is 9.59 Å². The molecule has 1 fully saturated rings. The summed E-state index contributed by atoms with van der Waals surface area (Å²) in [5.74, 6) is -4.53. The molecule has 8 heteroatoms. The summed E-state index contributed by atoms with van der Waals surface area (Å²) in [7, 11) is 1.76. The van der Waals surface area contributed by atoms with Gasteiger partial charge in [0.25, 0.3) is 0 Å². The molecule has 2 atom stereocenters. The van der Waals surface area contributed by atoms with Gasteiger partial charge in [-0.25, -0.2) is 13.8 Å². The fourth-order valence-electron chi connectivity index (χ4n) is 3.20. The van der Waals surface area contributed by atoms with Crippen LogP contribution < -0.4 is 0 Å². The zero-order chi connectivity index (χ0) is 18.1. The molecule has 0 radical (unpaired) electrons. The van der Waals surface area contributed by atoms with Crippen LogP contribution in [-0.4, -0.2) is 44.5 Å². The number of aromatic nitrogens is 2. The van der Waals surface area contributed by atoms with Crippen LogP contribution in [0.3, 0.4) is 0 Å². The fourth-order valence-corrected chi connectivity index (χ4v) is 3.20. The second-order valence-electron chi connectivity index (χ2n) is 6.19. The van der Waals surface area contributed by atoms with Gasteiger partial charge in [-0.2, -0.15) is 0 Å². The highest BCUT2D eigenvalue weighted by Crippen LogP contribution is 2.34. The third kappa shape index (κ3) is 3.38. The Morgan fingerprint density at radius 1 is 1.32 bits per heavy atom. The van der Waals surface area contributed by atoms with E-state index in [1.165, 1.54) is 11.0 Å². The van der Waals surface area contributed by atoms with Gasteiger partial charge < -0.3 is 14.6 Å². The van der Waals surface area contributed by atoms with Crippen LogP contribution in [0.25, 0.3) is 0 Å². The van der Waals surface area contributed by atoms with Crippen molar-refractivity contribution in [3.05, 3.63) is 53.6 Å². The van der Waals surface area contributed by atoms with E-state index >= 15 is 0 Å². The number of aryl methyl sites for hydroxylation is 1. The first kappa shape index (κ1) is 17.1. The molecule has 0 saturated carbocycles. The molecule has 1 aliphatic heterocycles. The molecule has 2 heterocycles. The Balaban J connectivity index is 1.81. The van der Waals surface area contributed by atoms with Crippen molar-refractivity contribution in [2.45, 2.75) is 12.3 Å². The van der Waals surface area contributed by atoms with E-state index < -0.39 is 29.4 Å². The van der Waals surface area contributed by atoms with Crippen molar-refractivity contribution in [3.8, 4) is 0 Å². The molecular formula is C17H17F2N3O3. The first-order valence-electron chi connectivity index (χ1n) is 7.77. The molecule has 3 rings (SSSR count). The van der Waals surface area contributed by atoms with Crippen molar-refractivity contribution in [3.63, 3.8) is 0 Å². The molecule has 25 heavy (non-hydrogen) atoms. The first-order chi connectivity index (χ1) is 11.9. The van der Waals surface area contributed by atoms with Crippen molar-refractivity contribution >= 4 is 11.9 Å². The van der Waals surface area contributed by atoms with Crippen LogP contribution in [0.15, 0.2) is 30.7 Å². The van der Waals surface area contributed by atoms with Crippen molar-refractivity contribution in [2.75, 3.05) is 13.1 Å². The summed E-state index contributed by atoms with van der Waals surface area (Å²) in [6.07, 6.45) is 3.23. The van der Waals surface area contributed by atoms with Crippen LogP contribution in [0.5, 0.6) is 0 Å². The fraction of sp³-hybridized carbons (Fsp3) is 0.353. The number of carboxylic acid groups (broad SMARTS) is 1. The predicted octanol–water partition coefficient (Wildman–Crippen LogP) is 1.57. The molecule has 0 aliphatic carbocycles. The van der Waals surface area contributed by atoms with E-state index in [0.29, 0.717) is 5.69 Å². The highest BCUT2D eigenvalue weighted by Gasteiger charge is 2.41. The number of carboxylic acids is 1. The van der Waals surface area contributed by atoms with Crippen LogP contribution in [0, 0.1) is 17.6 Å². The molecule has 1 aromatic carbocycles. The number of likely N-dealkylation sites (tertiary alicyclic amines) is 1. The lowest BCUT2D eigenvalue weighted by atomic mass is 9.88. The Hall–Kier alpha value is -2.77. The number of rotatable bonds is 4. The average Bonchev–Trinajstić information content (AvgIpc) is 3.14. The van der Waals surface area contributed by atoms with E-state index in [-0.39, 0.29) is 31.0 Å². The van der Waals surface area contributed by atoms with Crippen LogP contribution in [0.2, 0.25) is 0 Å². The Bertz CT molecular complexity index is 821. The Labute approximate surface area is 142 Å². The molecule has 1 saturated heterocycles. The molecule has 2 aromatic rings. The summed E-state index contributed by atoms with van der Waals surface area (Å²) in [5.41, 5.74) is 0.818. The smallest absolute Gasteiger partial charge is 0.308 e. The minimum atomic E-state index is -1.11. The molecule has 1 aromatic heterocycles. The minimum Gasteiger partial charge on any atom is -0.481 e. The molecule has 0 unspecified atom stereocenters. The van der Waals surface area contributed by atoms with E-state index in [4.69, 9.17) is 0 Å². The minimum absolute atomic E-state index is 0.00645. The number of amides is 1. The lowest BCUT2D eigenvalue weighted by Crippen LogP contribution is -2.31. The predicted molar refractivity (Wildman–Crippen MR) is 83.7 cm³/mol. The zero-order valence-corrected chi connectivity index (χ0v) is 13.5. The van der Waals surface area contributed by atoms with Crippen LogP contribution in [0.4, 0.5) is 8.78 Å². The van der Waals surface area contributed by atoms with Crippen molar-refractivity contribution in [1.82, 2.24) is 14.5 Å². The van der Waals surface area contributed by atoms with Crippen LogP contribution in [0.1, 0.15) is 17.2 Å². The van der Waals surface area contributed by atoms with Crippen molar-refractivity contribution in [1.29, 1.82) is 0 Å². The van der Waals surface area contributed by atoms with Gasteiger partial charge in [-0.15, -0.1) is 0 Å². The van der Waals surface area contributed by atoms with Crippen molar-refractivity contribution in [2.24, 2.45) is 13.0 Å². The number of carbonyl (C=O) groups is 2. The molecular weight excluding hydrogens is 332 g/mol. The number of benzene rings is 1. The summed E-state index contributed by atoms with van der Waals surface area (Å²) in [6, 6.07) is 3.08. The number of imidazole rings is 1. The first-order valence-corrected chi connectivity index (χ1v) is 7.77. The van der Waals surface area contributed by atoms with Crippen LogP contribution >= 0.6 is 0 Å². The Morgan fingerprint density at radius 2 is 2.08 bits per heavy atom. The number of hydrogen-bond acceptors (Lipinski definition) is 3. The second kappa shape index (κ2) is 6.62. The summed E-state index contributed by atoms with van der Waals surface area (Å²) in [6.45, 7) is 0.0731. The van der Waals surface area contributed by atoms with E-state index in [9.17, 15) is 23.5 Å². The van der Waals surface area contributed by atoms with Gasteiger partial charge in [0.1, 0.15) is 11.6 Å². The monoisotopic (exact) mass is 349 g/mol. The third-order valence-electron chi connectivity index (χ3n) is 4.60. The second-order valence-corrected chi connectivity index (χ2v) is 6.19. The molecule has 1 aliphatic rings. The summed E-state index contributed by atoms with van der Waals surface area (Å²) in [4.78, 5) is 29.4.